The van der Waals surface area contributed by atoms with Crippen LogP contribution in [0.3, 0.4) is 0 Å². The molecule has 0 spiro atoms. The standard InChI is InChI=1S/C13H11Cl2NO2/c1-18-12-5-2-8(7-16-12)13(17)10-4-3-9(14)6-11(10)15/h2-7,13,17H,1H3. The van der Waals surface area contributed by atoms with Crippen LogP contribution in [0.25, 0.3) is 0 Å². The molecule has 0 saturated carbocycles. The van der Waals surface area contributed by atoms with Gasteiger partial charge in [-0.05, 0) is 18.2 Å². The Labute approximate surface area is 115 Å². The molecule has 0 saturated heterocycles. The third kappa shape index (κ3) is 2.75. The van der Waals surface area contributed by atoms with E-state index in [-0.39, 0.29) is 0 Å². The smallest absolute Gasteiger partial charge is 0.212 e. The van der Waals surface area contributed by atoms with Crippen molar-refractivity contribution < 1.29 is 9.84 Å². The van der Waals surface area contributed by atoms with E-state index >= 15 is 0 Å². The van der Waals surface area contributed by atoms with Gasteiger partial charge in [0.05, 0.1) is 7.11 Å². The van der Waals surface area contributed by atoms with Gasteiger partial charge >= 0.3 is 0 Å². The van der Waals surface area contributed by atoms with Crippen molar-refractivity contribution in [2.24, 2.45) is 0 Å². The lowest BCUT2D eigenvalue weighted by Crippen LogP contribution is -2.01. The molecule has 1 aromatic carbocycles. The minimum Gasteiger partial charge on any atom is -0.481 e. The van der Waals surface area contributed by atoms with Crippen LogP contribution in [0.4, 0.5) is 0 Å². The molecule has 0 aliphatic carbocycles. The number of aliphatic hydroxyl groups is 1. The molecule has 0 aliphatic heterocycles. The summed E-state index contributed by atoms with van der Waals surface area (Å²) < 4.78 is 4.96. The maximum atomic E-state index is 10.2. The van der Waals surface area contributed by atoms with Gasteiger partial charge in [-0.15, -0.1) is 0 Å². The molecule has 1 N–H and O–H groups in total. The van der Waals surface area contributed by atoms with Crippen LogP contribution < -0.4 is 4.74 Å². The van der Waals surface area contributed by atoms with Crippen molar-refractivity contribution in [2.45, 2.75) is 6.10 Å². The van der Waals surface area contributed by atoms with E-state index in [1.165, 1.54) is 7.11 Å². The Morgan fingerprint density at radius 1 is 1.22 bits per heavy atom. The molecule has 1 aromatic heterocycles. The highest BCUT2D eigenvalue weighted by molar-refractivity contribution is 6.35. The minimum atomic E-state index is -0.840. The molecule has 94 valence electrons. The third-order valence-corrected chi connectivity index (χ3v) is 3.10. The summed E-state index contributed by atoms with van der Waals surface area (Å²) in [5, 5.41) is 11.2. The summed E-state index contributed by atoms with van der Waals surface area (Å²) in [7, 11) is 1.54. The lowest BCUT2D eigenvalue weighted by Gasteiger charge is -2.13. The molecule has 0 amide bonds. The van der Waals surface area contributed by atoms with Crippen LogP contribution >= 0.6 is 23.2 Å². The highest BCUT2D eigenvalue weighted by Gasteiger charge is 2.14. The van der Waals surface area contributed by atoms with Gasteiger partial charge in [-0.1, -0.05) is 29.3 Å². The number of hydrogen-bond donors (Lipinski definition) is 1. The topological polar surface area (TPSA) is 42.4 Å². The van der Waals surface area contributed by atoms with Crippen molar-refractivity contribution in [3.63, 3.8) is 0 Å². The quantitative estimate of drug-likeness (QED) is 0.938. The van der Waals surface area contributed by atoms with Crippen LogP contribution in [0.15, 0.2) is 36.5 Å². The van der Waals surface area contributed by atoms with E-state index in [2.05, 4.69) is 4.98 Å². The summed E-state index contributed by atoms with van der Waals surface area (Å²) in [5.41, 5.74) is 1.23. The van der Waals surface area contributed by atoms with E-state index in [9.17, 15) is 5.11 Å². The Kier molecular flexibility index (Phi) is 4.07. The number of methoxy groups -OCH3 is 1. The van der Waals surface area contributed by atoms with Crippen molar-refractivity contribution in [3.05, 3.63) is 57.7 Å². The molecule has 0 aliphatic rings. The van der Waals surface area contributed by atoms with Gasteiger partial charge in [0.25, 0.3) is 0 Å². The van der Waals surface area contributed by atoms with E-state index in [0.717, 1.165) is 0 Å². The predicted molar refractivity (Wildman–Crippen MR) is 71.3 cm³/mol. The van der Waals surface area contributed by atoms with Crippen LogP contribution in [-0.4, -0.2) is 17.2 Å². The van der Waals surface area contributed by atoms with E-state index in [1.54, 1.807) is 36.5 Å². The second-order valence-corrected chi connectivity index (χ2v) is 4.55. The van der Waals surface area contributed by atoms with Gasteiger partial charge in [-0.25, -0.2) is 4.98 Å². The molecule has 2 aromatic rings. The van der Waals surface area contributed by atoms with Gasteiger partial charge in [0.1, 0.15) is 6.10 Å². The number of nitrogens with zero attached hydrogens (tertiary/aromatic N) is 1. The molecule has 3 nitrogen and oxygen atoms in total. The zero-order valence-electron chi connectivity index (χ0n) is 9.60. The first-order valence-electron chi connectivity index (χ1n) is 5.25. The summed E-state index contributed by atoms with van der Waals surface area (Å²) in [6, 6.07) is 8.39. The highest BCUT2D eigenvalue weighted by atomic mass is 35.5. The number of halogens is 2. The number of benzene rings is 1. The van der Waals surface area contributed by atoms with E-state index in [1.807, 2.05) is 0 Å². The number of hydrogen-bond acceptors (Lipinski definition) is 3. The fraction of sp³-hybridized carbons (Fsp3) is 0.154. The Morgan fingerprint density at radius 2 is 2.00 bits per heavy atom. The minimum absolute atomic E-state index is 0.422. The number of aromatic nitrogens is 1. The number of aliphatic hydroxyl groups excluding tert-OH is 1. The van der Waals surface area contributed by atoms with Gasteiger partial charge < -0.3 is 9.84 Å². The molecule has 5 heteroatoms. The fourth-order valence-corrected chi connectivity index (χ4v) is 2.09. The predicted octanol–water partition coefficient (Wildman–Crippen LogP) is 3.48. The maximum absolute atomic E-state index is 10.2. The molecule has 2 rings (SSSR count). The number of rotatable bonds is 3. The van der Waals surface area contributed by atoms with Crippen LogP contribution in [0.5, 0.6) is 5.88 Å². The second-order valence-electron chi connectivity index (χ2n) is 3.70. The zero-order valence-corrected chi connectivity index (χ0v) is 11.1. The highest BCUT2D eigenvalue weighted by Crippen LogP contribution is 2.30. The Balaban J connectivity index is 2.31. The van der Waals surface area contributed by atoms with Crippen LogP contribution in [0.2, 0.25) is 10.0 Å². The van der Waals surface area contributed by atoms with Gasteiger partial charge in [-0.3, -0.25) is 0 Å². The van der Waals surface area contributed by atoms with Gasteiger partial charge in [0.15, 0.2) is 0 Å². The fourth-order valence-electron chi connectivity index (χ4n) is 1.58. The molecular formula is C13H11Cl2NO2. The van der Waals surface area contributed by atoms with Gasteiger partial charge in [0, 0.05) is 33.4 Å². The van der Waals surface area contributed by atoms with Gasteiger partial charge in [-0.2, -0.15) is 0 Å². The summed E-state index contributed by atoms with van der Waals surface area (Å²) in [4.78, 5) is 4.04. The van der Waals surface area contributed by atoms with Crippen LogP contribution in [0.1, 0.15) is 17.2 Å². The van der Waals surface area contributed by atoms with E-state index in [4.69, 9.17) is 27.9 Å². The summed E-state index contributed by atoms with van der Waals surface area (Å²) in [5.74, 6) is 0.494. The number of ether oxygens (including phenoxy) is 1. The first-order valence-corrected chi connectivity index (χ1v) is 6.00. The lowest BCUT2D eigenvalue weighted by atomic mass is 10.0. The Bertz CT molecular complexity index is 543. The van der Waals surface area contributed by atoms with E-state index in [0.29, 0.717) is 27.1 Å². The molecule has 1 atom stereocenters. The number of pyridine rings is 1. The lowest BCUT2D eigenvalue weighted by molar-refractivity contribution is 0.219. The normalized spacial score (nSPS) is 12.2. The largest absolute Gasteiger partial charge is 0.481 e. The second kappa shape index (κ2) is 5.57. The van der Waals surface area contributed by atoms with E-state index < -0.39 is 6.10 Å². The summed E-state index contributed by atoms with van der Waals surface area (Å²) >= 11 is 11.9. The summed E-state index contributed by atoms with van der Waals surface area (Å²) in [6.07, 6.45) is 0.710. The van der Waals surface area contributed by atoms with Crippen molar-refractivity contribution in [1.82, 2.24) is 4.98 Å². The molecular weight excluding hydrogens is 273 g/mol. The van der Waals surface area contributed by atoms with Crippen molar-refractivity contribution in [1.29, 1.82) is 0 Å². The molecule has 0 radical (unpaired) electrons. The van der Waals surface area contributed by atoms with Crippen molar-refractivity contribution in [3.8, 4) is 5.88 Å². The molecule has 0 fully saturated rings. The molecule has 0 bridgehead atoms. The zero-order chi connectivity index (χ0) is 13.1. The van der Waals surface area contributed by atoms with Crippen molar-refractivity contribution >= 4 is 23.2 Å². The molecule has 1 heterocycles. The Morgan fingerprint density at radius 3 is 2.56 bits per heavy atom. The molecule has 1 unspecified atom stereocenters. The Hall–Kier alpha value is -1.29. The van der Waals surface area contributed by atoms with Crippen molar-refractivity contribution in [2.75, 3.05) is 7.11 Å². The van der Waals surface area contributed by atoms with Gasteiger partial charge in [0.2, 0.25) is 5.88 Å². The first kappa shape index (κ1) is 13.1. The molecule has 18 heavy (non-hydrogen) atoms. The van der Waals surface area contributed by atoms with Crippen LogP contribution in [0, 0.1) is 0 Å². The SMILES string of the molecule is COc1ccc(C(O)c2ccc(Cl)cc2Cl)cn1. The van der Waals surface area contributed by atoms with Crippen LogP contribution in [-0.2, 0) is 0 Å². The summed E-state index contributed by atoms with van der Waals surface area (Å²) in [6.45, 7) is 0. The third-order valence-electron chi connectivity index (χ3n) is 2.54. The monoisotopic (exact) mass is 283 g/mol. The average Bonchev–Trinajstić information content (AvgIpc) is 2.38. The first-order chi connectivity index (χ1) is 8.61. The average molecular weight is 284 g/mol. The maximum Gasteiger partial charge on any atom is 0.212 e.